The molecule has 1 aliphatic rings. The van der Waals surface area contributed by atoms with Gasteiger partial charge < -0.3 is 10.6 Å². The zero-order chi connectivity index (χ0) is 14.7. The van der Waals surface area contributed by atoms with E-state index in [9.17, 15) is 9.59 Å². The first-order chi connectivity index (χ1) is 9.51. The summed E-state index contributed by atoms with van der Waals surface area (Å²) in [5, 5.41) is 5.61. The summed E-state index contributed by atoms with van der Waals surface area (Å²) in [4.78, 5) is 23.8. The van der Waals surface area contributed by atoms with E-state index in [2.05, 4.69) is 23.3 Å². The number of aryl methyl sites for hydroxylation is 2. The van der Waals surface area contributed by atoms with Gasteiger partial charge in [0.2, 0.25) is 11.8 Å². The third kappa shape index (κ3) is 3.47. The summed E-state index contributed by atoms with van der Waals surface area (Å²) >= 11 is 0. The molecule has 0 saturated heterocycles. The Morgan fingerprint density at radius 1 is 1.20 bits per heavy atom. The fourth-order valence-corrected chi connectivity index (χ4v) is 2.36. The van der Waals surface area contributed by atoms with Gasteiger partial charge in [-0.3, -0.25) is 9.59 Å². The molecule has 106 valence electrons. The normalized spacial score (nSPS) is 20.1. The summed E-state index contributed by atoms with van der Waals surface area (Å²) in [5.41, 5.74) is 3.01. The molecule has 1 saturated carbocycles. The quantitative estimate of drug-likeness (QED) is 0.807. The molecule has 0 aromatic heterocycles. The smallest absolute Gasteiger partial charge is 0.228 e. The average molecular weight is 272 g/mol. The van der Waals surface area contributed by atoms with Crippen LogP contribution in [0.1, 0.15) is 17.5 Å². The minimum Gasteiger partial charge on any atom is -0.352 e. The lowest BCUT2D eigenvalue weighted by Gasteiger charge is -2.07. The molecule has 0 spiro atoms. The maximum absolute atomic E-state index is 12.1. The Bertz CT molecular complexity index is 531. The average Bonchev–Trinajstić information content (AvgIpc) is 3.14. The van der Waals surface area contributed by atoms with Crippen molar-refractivity contribution in [2.75, 3.05) is 11.9 Å². The monoisotopic (exact) mass is 272 g/mol. The number of carbonyl (C=O) groups excluding carboxylic acids is 2. The third-order valence-electron chi connectivity index (χ3n) is 3.37. The highest BCUT2D eigenvalue weighted by Gasteiger charge is 2.47. The molecule has 0 aliphatic heterocycles. The highest BCUT2D eigenvalue weighted by molar-refractivity contribution is 5.99. The fraction of sp³-hybridized carbons (Fsp3) is 0.375. The number of nitrogens with one attached hydrogen (secondary N) is 2. The maximum atomic E-state index is 12.1. The molecular formula is C16H20N2O2. The predicted molar refractivity (Wildman–Crippen MR) is 79.3 cm³/mol. The van der Waals surface area contributed by atoms with Crippen molar-refractivity contribution in [2.24, 2.45) is 11.8 Å². The van der Waals surface area contributed by atoms with Crippen LogP contribution in [0.4, 0.5) is 5.69 Å². The van der Waals surface area contributed by atoms with Crippen LogP contribution in [0.3, 0.4) is 0 Å². The molecule has 2 N–H and O–H groups in total. The second-order valence-electron chi connectivity index (χ2n) is 5.35. The molecule has 1 aromatic carbocycles. The van der Waals surface area contributed by atoms with E-state index in [-0.39, 0.29) is 23.7 Å². The summed E-state index contributed by atoms with van der Waals surface area (Å²) in [5.74, 6) is -0.541. The van der Waals surface area contributed by atoms with E-state index in [1.165, 1.54) is 0 Å². The van der Waals surface area contributed by atoms with E-state index >= 15 is 0 Å². The van der Waals surface area contributed by atoms with Gasteiger partial charge in [0.05, 0.1) is 11.8 Å². The van der Waals surface area contributed by atoms with E-state index in [4.69, 9.17) is 0 Å². The molecule has 4 nitrogen and oxygen atoms in total. The minimum absolute atomic E-state index is 0.0644. The van der Waals surface area contributed by atoms with Crippen molar-refractivity contribution in [3.8, 4) is 0 Å². The second kappa shape index (κ2) is 5.90. The summed E-state index contributed by atoms with van der Waals surface area (Å²) in [6.07, 6.45) is 2.25. The van der Waals surface area contributed by atoms with E-state index in [1.54, 1.807) is 6.08 Å². The van der Waals surface area contributed by atoms with Crippen molar-refractivity contribution in [3.05, 3.63) is 42.0 Å². The Morgan fingerprint density at radius 3 is 2.40 bits per heavy atom. The summed E-state index contributed by atoms with van der Waals surface area (Å²) in [6.45, 7) is 7.97. The molecular weight excluding hydrogens is 252 g/mol. The van der Waals surface area contributed by atoms with Gasteiger partial charge in [0.25, 0.3) is 0 Å². The van der Waals surface area contributed by atoms with Crippen LogP contribution >= 0.6 is 0 Å². The van der Waals surface area contributed by atoms with Crippen LogP contribution in [0, 0.1) is 25.7 Å². The van der Waals surface area contributed by atoms with Gasteiger partial charge in [0.1, 0.15) is 0 Å². The molecule has 2 rings (SSSR count). The molecule has 4 heteroatoms. The van der Waals surface area contributed by atoms with Gasteiger partial charge in [-0.15, -0.1) is 6.58 Å². The summed E-state index contributed by atoms with van der Waals surface area (Å²) in [6, 6.07) is 5.92. The van der Waals surface area contributed by atoms with Crippen LogP contribution in [0.2, 0.25) is 0 Å². The van der Waals surface area contributed by atoms with E-state index < -0.39 is 0 Å². The maximum Gasteiger partial charge on any atom is 0.228 e. The Labute approximate surface area is 119 Å². The standard InChI is InChI=1S/C16H20N2O2/c1-4-5-17-15(19)13-9-14(13)16(20)18-12-7-10(2)6-11(3)8-12/h4,6-8,13-14H,1,5,9H2,2-3H3,(H,17,19)(H,18,20). The van der Waals surface area contributed by atoms with E-state index in [0.717, 1.165) is 16.8 Å². The predicted octanol–water partition coefficient (Wildman–Crippen LogP) is 2.18. The molecule has 1 aliphatic carbocycles. The first-order valence-corrected chi connectivity index (χ1v) is 6.79. The Balaban J connectivity index is 1.90. The van der Waals surface area contributed by atoms with Gasteiger partial charge in [0, 0.05) is 12.2 Å². The van der Waals surface area contributed by atoms with Crippen molar-refractivity contribution < 1.29 is 9.59 Å². The van der Waals surface area contributed by atoms with Crippen molar-refractivity contribution in [2.45, 2.75) is 20.3 Å². The second-order valence-corrected chi connectivity index (χ2v) is 5.35. The highest BCUT2D eigenvalue weighted by atomic mass is 16.2. The molecule has 0 bridgehead atoms. The topological polar surface area (TPSA) is 58.2 Å². The molecule has 2 amide bonds. The van der Waals surface area contributed by atoms with Gasteiger partial charge in [-0.1, -0.05) is 12.1 Å². The molecule has 1 aromatic rings. The van der Waals surface area contributed by atoms with E-state index in [1.807, 2.05) is 26.0 Å². The lowest BCUT2D eigenvalue weighted by molar-refractivity contribution is -0.125. The molecule has 1 fully saturated rings. The van der Waals surface area contributed by atoms with Crippen LogP contribution < -0.4 is 10.6 Å². The number of rotatable bonds is 5. The first-order valence-electron chi connectivity index (χ1n) is 6.79. The van der Waals surface area contributed by atoms with E-state index in [0.29, 0.717) is 13.0 Å². The number of hydrogen-bond acceptors (Lipinski definition) is 2. The lowest BCUT2D eigenvalue weighted by atomic mass is 10.1. The van der Waals surface area contributed by atoms with Crippen molar-refractivity contribution in [1.82, 2.24) is 5.32 Å². The third-order valence-corrected chi connectivity index (χ3v) is 3.37. The summed E-state index contributed by atoms with van der Waals surface area (Å²) < 4.78 is 0. The van der Waals surface area contributed by atoms with Gasteiger partial charge in [-0.2, -0.15) is 0 Å². The fourth-order valence-electron chi connectivity index (χ4n) is 2.36. The number of hydrogen-bond donors (Lipinski definition) is 2. The number of carbonyl (C=O) groups is 2. The lowest BCUT2D eigenvalue weighted by Crippen LogP contribution is -2.27. The van der Waals surface area contributed by atoms with Crippen molar-refractivity contribution in [3.63, 3.8) is 0 Å². The summed E-state index contributed by atoms with van der Waals surface area (Å²) in [7, 11) is 0. The van der Waals surface area contributed by atoms with Crippen LogP contribution in [-0.2, 0) is 9.59 Å². The van der Waals surface area contributed by atoms with Gasteiger partial charge in [-0.25, -0.2) is 0 Å². The van der Waals surface area contributed by atoms with Gasteiger partial charge in [0.15, 0.2) is 0 Å². The number of benzene rings is 1. The van der Waals surface area contributed by atoms with Crippen molar-refractivity contribution >= 4 is 17.5 Å². The number of anilines is 1. The Hall–Kier alpha value is -2.10. The molecule has 2 unspecified atom stereocenters. The Morgan fingerprint density at radius 2 is 1.80 bits per heavy atom. The van der Waals surface area contributed by atoms with Crippen LogP contribution in [0.5, 0.6) is 0 Å². The van der Waals surface area contributed by atoms with Gasteiger partial charge >= 0.3 is 0 Å². The minimum atomic E-state index is -0.208. The largest absolute Gasteiger partial charge is 0.352 e. The zero-order valence-electron chi connectivity index (χ0n) is 11.9. The van der Waals surface area contributed by atoms with Crippen LogP contribution in [0.15, 0.2) is 30.9 Å². The first kappa shape index (κ1) is 14.3. The Kier molecular flexibility index (Phi) is 4.23. The molecule has 20 heavy (non-hydrogen) atoms. The zero-order valence-corrected chi connectivity index (χ0v) is 11.9. The molecule has 2 atom stereocenters. The SMILES string of the molecule is C=CCNC(=O)C1CC1C(=O)Nc1cc(C)cc(C)c1. The van der Waals surface area contributed by atoms with Crippen LogP contribution in [0.25, 0.3) is 0 Å². The van der Waals surface area contributed by atoms with Crippen LogP contribution in [-0.4, -0.2) is 18.4 Å². The highest BCUT2D eigenvalue weighted by Crippen LogP contribution is 2.39. The molecule has 0 heterocycles. The number of amides is 2. The van der Waals surface area contributed by atoms with Gasteiger partial charge in [-0.05, 0) is 43.5 Å². The van der Waals surface area contributed by atoms with Crippen molar-refractivity contribution in [1.29, 1.82) is 0 Å². The molecule has 0 radical (unpaired) electrons.